The van der Waals surface area contributed by atoms with Gasteiger partial charge in [-0.3, -0.25) is 19.7 Å². The van der Waals surface area contributed by atoms with E-state index >= 15 is 0 Å². The SMILES string of the molecule is CN1C(=O)[C@H](Cc2c[nH]c3ccc(F)c([N+](=O)[O-])c23)N(C)C(=O)[C@@H]1Cc1cccc(Cl)c1. The van der Waals surface area contributed by atoms with Gasteiger partial charge in [-0.25, -0.2) is 0 Å². The van der Waals surface area contributed by atoms with Gasteiger partial charge in [0.2, 0.25) is 17.6 Å². The van der Waals surface area contributed by atoms with E-state index in [-0.39, 0.29) is 23.6 Å². The van der Waals surface area contributed by atoms with Crippen LogP contribution in [0.25, 0.3) is 10.9 Å². The minimum absolute atomic E-state index is 0.0135. The number of H-pyrrole nitrogens is 1. The Labute approximate surface area is 187 Å². The number of carbonyl (C=O) groups excluding carboxylic acids is 2. The fraction of sp³-hybridized carbons (Fsp3) is 0.273. The summed E-state index contributed by atoms with van der Waals surface area (Å²) in [6.45, 7) is 0. The lowest BCUT2D eigenvalue weighted by molar-refractivity contribution is -0.385. The second-order valence-electron chi connectivity index (χ2n) is 7.86. The van der Waals surface area contributed by atoms with Gasteiger partial charge in [-0.2, -0.15) is 4.39 Å². The topological polar surface area (TPSA) is 99.5 Å². The molecule has 1 aliphatic heterocycles. The number of nitrogens with one attached hydrogen (secondary N) is 1. The highest BCUT2D eigenvalue weighted by Gasteiger charge is 2.43. The molecule has 166 valence electrons. The van der Waals surface area contributed by atoms with E-state index < -0.39 is 28.5 Å². The van der Waals surface area contributed by atoms with E-state index in [2.05, 4.69) is 4.98 Å². The lowest BCUT2D eigenvalue weighted by Gasteiger charge is -2.42. The third-order valence-electron chi connectivity index (χ3n) is 5.97. The Hall–Kier alpha value is -3.46. The number of likely N-dealkylation sites (N-methyl/N-ethyl adjacent to an activating group) is 2. The number of piperazine rings is 1. The Balaban J connectivity index is 1.64. The first-order valence-corrected chi connectivity index (χ1v) is 10.3. The van der Waals surface area contributed by atoms with Gasteiger partial charge in [0, 0.05) is 38.2 Å². The maximum Gasteiger partial charge on any atom is 0.314 e. The number of hydrogen-bond donors (Lipinski definition) is 1. The summed E-state index contributed by atoms with van der Waals surface area (Å²) in [5.41, 5.74) is 0.955. The highest BCUT2D eigenvalue weighted by Crippen LogP contribution is 2.33. The van der Waals surface area contributed by atoms with Gasteiger partial charge in [0.15, 0.2) is 0 Å². The molecule has 1 N–H and O–H groups in total. The molecule has 2 amide bonds. The van der Waals surface area contributed by atoms with E-state index in [0.717, 1.165) is 11.6 Å². The zero-order valence-corrected chi connectivity index (χ0v) is 18.1. The summed E-state index contributed by atoms with van der Waals surface area (Å²) >= 11 is 6.04. The van der Waals surface area contributed by atoms with Crippen LogP contribution >= 0.6 is 11.6 Å². The van der Waals surface area contributed by atoms with Gasteiger partial charge < -0.3 is 14.8 Å². The fourth-order valence-electron chi connectivity index (χ4n) is 4.24. The number of nitro benzene ring substituents is 1. The minimum atomic E-state index is -0.957. The molecular weight excluding hydrogens is 439 g/mol. The van der Waals surface area contributed by atoms with Crippen LogP contribution in [0.1, 0.15) is 11.1 Å². The normalized spacial score (nSPS) is 19.1. The van der Waals surface area contributed by atoms with E-state index in [1.165, 1.54) is 29.1 Å². The lowest BCUT2D eigenvalue weighted by Crippen LogP contribution is -2.63. The summed E-state index contributed by atoms with van der Waals surface area (Å²) in [5, 5.41) is 12.1. The van der Waals surface area contributed by atoms with Crippen LogP contribution in [0.2, 0.25) is 5.02 Å². The number of halogens is 2. The molecule has 0 radical (unpaired) electrons. The molecule has 2 aromatic carbocycles. The van der Waals surface area contributed by atoms with E-state index in [9.17, 15) is 24.1 Å². The zero-order chi connectivity index (χ0) is 23.2. The van der Waals surface area contributed by atoms with Gasteiger partial charge >= 0.3 is 5.69 Å². The smallest absolute Gasteiger partial charge is 0.314 e. The van der Waals surface area contributed by atoms with Gasteiger partial charge in [-0.05, 0) is 35.4 Å². The van der Waals surface area contributed by atoms with Crippen molar-refractivity contribution < 1.29 is 18.9 Å². The molecular formula is C22H20ClFN4O4. The summed E-state index contributed by atoms with van der Waals surface area (Å²) in [4.78, 5) is 42.6. The van der Waals surface area contributed by atoms with Crippen LogP contribution in [0.4, 0.5) is 10.1 Å². The highest BCUT2D eigenvalue weighted by molar-refractivity contribution is 6.30. The third-order valence-corrected chi connectivity index (χ3v) is 6.20. The minimum Gasteiger partial charge on any atom is -0.361 e. The summed E-state index contributed by atoms with van der Waals surface area (Å²) < 4.78 is 14.2. The molecule has 1 fully saturated rings. The number of nitrogens with zero attached hydrogens (tertiary/aromatic N) is 3. The summed E-state index contributed by atoms with van der Waals surface area (Å²) in [6, 6.07) is 7.96. The molecule has 1 aromatic heterocycles. The van der Waals surface area contributed by atoms with E-state index in [1.54, 1.807) is 25.2 Å². The molecule has 0 spiro atoms. The molecule has 2 heterocycles. The summed E-state index contributed by atoms with van der Waals surface area (Å²) in [7, 11) is 3.10. The second kappa shape index (κ2) is 8.23. The Morgan fingerprint density at radius 3 is 2.38 bits per heavy atom. The standard InChI is InChI=1S/C22H20ClFN4O4/c1-26-17(9-12-4-3-5-14(23)8-12)21(29)27(2)18(22(26)30)10-13-11-25-16-7-6-15(24)20(19(13)16)28(31)32/h3-8,11,17-18,25H,9-10H2,1-2H3/t17-,18-/m0/s1. The van der Waals surface area contributed by atoms with Crippen molar-refractivity contribution in [2.45, 2.75) is 24.9 Å². The summed E-state index contributed by atoms with van der Waals surface area (Å²) in [6.07, 6.45) is 1.84. The van der Waals surface area contributed by atoms with Crippen molar-refractivity contribution in [1.82, 2.24) is 14.8 Å². The van der Waals surface area contributed by atoms with E-state index in [1.807, 2.05) is 6.07 Å². The van der Waals surface area contributed by atoms with Crippen molar-refractivity contribution in [3.8, 4) is 0 Å². The molecule has 4 rings (SSSR count). The number of benzene rings is 2. The van der Waals surface area contributed by atoms with Gasteiger partial charge in [0.05, 0.1) is 15.8 Å². The largest absolute Gasteiger partial charge is 0.361 e. The van der Waals surface area contributed by atoms with Crippen molar-refractivity contribution in [3.05, 3.63) is 74.7 Å². The van der Waals surface area contributed by atoms with Crippen molar-refractivity contribution in [1.29, 1.82) is 0 Å². The monoisotopic (exact) mass is 458 g/mol. The number of amides is 2. The van der Waals surface area contributed by atoms with Gasteiger partial charge in [0.1, 0.15) is 12.1 Å². The molecule has 0 aliphatic carbocycles. The zero-order valence-electron chi connectivity index (χ0n) is 17.3. The molecule has 1 aliphatic rings. The molecule has 32 heavy (non-hydrogen) atoms. The number of carbonyl (C=O) groups is 2. The van der Waals surface area contributed by atoms with Gasteiger partial charge in [0.25, 0.3) is 0 Å². The number of fused-ring (bicyclic) bond motifs is 1. The van der Waals surface area contributed by atoms with Crippen molar-refractivity contribution in [2.75, 3.05) is 14.1 Å². The fourth-order valence-corrected chi connectivity index (χ4v) is 4.45. The van der Waals surface area contributed by atoms with Crippen LogP contribution < -0.4 is 0 Å². The Morgan fingerprint density at radius 1 is 1.09 bits per heavy atom. The third kappa shape index (κ3) is 3.69. The predicted molar refractivity (Wildman–Crippen MR) is 117 cm³/mol. The van der Waals surface area contributed by atoms with Crippen molar-refractivity contribution in [2.24, 2.45) is 0 Å². The molecule has 0 saturated carbocycles. The predicted octanol–water partition coefficient (Wildman–Crippen LogP) is 3.32. The number of nitro groups is 1. The van der Waals surface area contributed by atoms with Gasteiger partial charge in [-0.15, -0.1) is 0 Å². The van der Waals surface area contributed by atoms with Crippen LogP contribution in [0.3, 0.4) is 0 Å². The molecule has 1 saturated heterocycles. The van der Waals surface area contributed by atoms with Crippen molar-refractivity contribution >= 4 is 40.0 Å². The molecule has 8 nitrogen and oxygen atoms in total. The first-order chi connectivity index (χ1) is 15.2. The van der Waals surface area contributed by atoms with Crippen LogP contribution in [0, 0.1) is 15.9 Å². The van der Waals surface area contributed by atoms with Gasteiger partial charge in [-0.1, -0.05) is 23.7 Å². The number of aromatic amines is 1. The van der Waals surface area contributed by atoms with E-state index in [0.29, 0.717) is 22.5 Å². The Bertz CT molecular complexity index is 1240. The molecule has 10 heteroatoms. The first kappa shape index (κ1) is 21.8. The van der Waals surface area contributed by atoms with E-state index in [4.69, 9.17) is 11.6 Å². The average Bonchev–Trinajstić information content (AvgIpc) is 3.15. The van der Waals surface area contributed by atoms with Crippen LogP contribution in [0.5, 0.6) is 0 Å². The molecule has 0 bridgehead atoms. The van der Waals surface area contributed by atoms with Crippen molar-refractivity contribution in [3.63, 3.8) is 0 Å². The quantitative estimate of drug-likeness (QED) is 0.468. The Morgan fingerprint density at radius 2 is 1.75 bits per heavy atom. The maximum absolute atomic E-state index is 14.2. The lowest BCUT2D eigenvalue weighted by atomic mass is 9.95. The molecule has 2 atom stereocenters. The number of aromatic nitrogens is 1. The average molecular weight is 459 g/mol. The maximum atomic E-state index is 14.2. The Kier molecular flexibility index (Phi) is 5.60. The number of hydrogen-bond acceptors (Lipinski definition) is 4. The first-order valence-electron chi connectivity index (χ1n) is 9.89. The molecule has 3 aromatic rings. The second-order valence-corrected chi connectivity index (χ2v) is 8.29. The number of rotatable bonds is 5. The van der Waals surface area contributed by atoms with Crippen LogP contribution in [0.15, 0.2) is 42.6 Å². The molecule has 0 unspecified atom stereocenters. The highest BCUT2D eigenvalue weighted by atomic mass is 35.5. The summed E-state index contributed by atoms with van der Waals surface area (Å²) in [5.74, 6) is -1.51. The van der Waals surface area contributed by atoms with Crippen LogP contribution in [-0.2, 0) is 22.4 Å². The van der Waals surface area contributed by atoms with Crippen LogP contribution in [-0.4, -0.2) is 57.7 Å².